The summed E-state index contributed by atoms with van der Waals surface area (Å²) in [5.74, 6) is 0. The van der Waals surface area contributed by atoms with Gasteiger partial charge in [-0.2, -0.15) is 0 Å². The van der Waals surface area contributed by atoms with Gasteiger partial charge in [-0.15, -0.1) is 0 Å². The maximum absolute atomic E-state index is 6.15. The molecule has 0 aliphatic rings. The first-order chi connectivity index (χ1) is 7.54. The Hall–Kier alpha value is -0.350. The summed E-state index contributed by atoms with van der Waals surface area (Å²) in [4.78, 5) is 0. The largest absolute Gasteiger partial charge is 0.329 e. The third kappa shape index (κ3) is 3.91. The molecule has 0 saturated heterocycles. The molecule has 0 radical (unpaired) electrons. The van der Waals surface area contributed by atoms with Crippen molar-refractivity contribution in [1.82, 2.24) is 5.32 Å². The molecule has 0 saturated carbocycles. The van der Waals surface area contributed by atoms with Gasteiger partial charge in [0.05, 0.1) is 0 Å². The van der Waals surface area contributed by atoms with Crippen LogP contribution in [0.25, 0.3) is 0 Å². The molecule has 3 N–H and O–H groups in total. The van der Waals surface area contributed by atoms with Crippen molar-refractivity contribution in [2.75, 3.05) is 13.1 Å². The zero-order valence-corrected chi connectivity index (χ0v) is 11.6. The summed E-state index contributed by atoms with van der Waals surface area (Å²) >= 11 is 9.58. The van der Waals surface area contributed by atoms with E-state index in [0.717, 1.165) is 27.2 Å². The van der Waals surface area contributed by atoms with Crippen LogP contribution in [0, 0.1) is 0 Å². The summed E-state index contributed by atoms with van der Waals surface area (Å²) in [5, 5.41) is 4.05. The summed E-state index contributed by atoms with van der Waals surface area (Å²) in [5.41, 5.74) is 7.83. The molecule has 0 amide bonds. The van der Waals surface area contributed by atoms with Gasteiger partial charge in [-0.25, -0.2) is 0 Å². The Morgan fingerprint density at radius 1 is 1.62 bits per heavy atom. The van der Waals surface area contributed by atoms with Crippen LogP contribution in [0.15, 0.2) is 34.8 Å². The van der Waals surface area contributed by atoms with Crippen molar-refractivity contribution in [1.29, 1.82) is 0 Å². The molecule has 88 valence electrons. The Kier molecular flexibility index (Phi) is 5.49. The maximum Gasteiger partial charge on any atom is 0.0462 e. The molecule has 1 aromatic carbocycles. The van der Waals surface area contributed by atoms with Crippen LogP contribution in [0.3, 0.4) is 0 Å². The first kappa shape index (κ1) is 13.7. The van der Waals surface area contributed by atoms with E-state index in [9.17, 15) is 0 Å². The van der Waals surface area contributed by atoms with Crippen molar-refractivity contribution in [3.63, 3.8) is 0 Å². The van der Waals surface area contributed by atoms with Crippen molar-refractivity contribution in [2.24, 2.45) is 5.73 Å². The number of halogens is 2. The number of hydrogen-bond donors (Lipinski definition) is 2. The van der Waals surface area contributed by atoms with Gasteiger partial charge in [0, 0.05) is 28.6 Å². The van der Waals surface area contributed by atoms with Crippen LogP contribution in [0.2, 0.25) is 5.02 Å². The number of hydrogen-bond acceptors (Lipinski definition) is 2. The van der Waals surface area contributed by atoms with Crippen molar-refractivity contribution in [2.45, 2.75) is 13.0 Å². The quantitative estimate of drug-likeness (QED) is 0.819. The Morgan fingerprint density at radius 2 is 2.31 bits per heavy atom. The average molecular weight is 304 g/mol. The minimum absolute atomic E-state index is 0.0571. The van der Waals surface area contributed by atoms with E-state index in [0.29, 0.717) is 6.54 Å². The molecular formula is C12H16BrClN2. The third-order valence-electron chi connectivity index (χ3n) is 2.22. The summed E-state index contributed by atoms with van der Waals surface area (Å²) in [6, 6.07) is 5.83. The SMILES string of the molecule is C=C(C)CNC(CN)c1cc(Br)ccc1Cl. The lowest BCUT2D eigenvalue weighted by molar-refractivity contribution is 0.569. The Balaban J connectivity index is 2.85. The van der Waals surface area contributed by atoms with Crippen LogP contribution in [0.4, 0.5) is 0 Å². The molecule has 0 heterocycles. The minimum atomic E-state index is 0.0571. The van der Waals surface area contributed by atoms with Crippen LogP contribution in [0.1, 0.15) is 18.5 Å². The van der Waals surface area contributed by atoms with E-state index in [1.54, 1.807) is 0 Å². The van der Waals surface area contributed by atoms with Crippen LogP contribution < -0.4 is 11.1 Å². The van der Waals surface area contributed by atoms with Gasteiger partial charge in [-0.1, -0.05) is 39.7 Å². The van der Waals surface area contributed by atoms with E-state index in [-0.39, 0.29) is 6.04 Å². The fraction of sp³-hybridized carbons (Fsp3) is 0.333. The first-order valence-corrected chi connectivity index (χ1v) is 6.24. The lowest BCUT2D eigenvalue weighted by Crippen LogP contribution is -2.29. The second kappa shape index (κ2) is 6.40. The Labute approximate surface area is 110 Å². The molecule has 16 heavy (non-hydrogen) atoms. The Morgan fingerprint density at radius 3 is 2.88 bits per heavy atom. The highest BCUT2D eigenvalue weighted by atomic mass is 79.9. The molecule has 0 bridgehead atoms. The summed E-state index contributed by atoms with van der Waals surface area (Å²) in [7, 11) is 0. The standard InChI is InChI=1S/C12H16BrClN2/c1-8(2)7-16-12(6-15)10-5-9(13)3-4-11(10)14/h3-5,12,16H,1,6-7,15H2,2H3. The number of benzene rings is 1. The average Bonchev–Trinajstić information content (AvgIpc) is 2.23. The third-order valence-corrected chi connectivity index (χ3v) is 3.06. The summed E-state index contributed by atoms with van der Waals surface area (Å²) in [6.07, 6.45) is 0. The van der Waals surface area contributed by atoms with Gasteiger partial charge in [-0.3, -0.25) is 0 Å². The number of rotatable bonds is 5. The molecule has 0 spiro atoms. The molecule has 4 heteroatoms. The fourth-order valence-corrected chi connectivity index (χ4v) is 2.03. The minimum Gasteiger partial charge on any atom is -0.329 e. The zero-order chi connectivity index (χ0) is 12.1. The lowest BCUT2D eigenvalue weighted by atomic mass is 10.1. The molecule has 0 aromatic heterocycles. The summed E-state index contributed by atoms with van der Waals surface area (Å²) in [6.45, 7) is 7.07. The topological polar surface area (TPSA) is 38.0 Å². The van der Waals surface area contributed by atoms with Crippen LogP contribution in [0.5, 0.6) is 0 Å². The highest BCUT2D eigenvalue weighted by Crippen LogP contribution is 2.26. The van der Waals surface area contributed by atoms with E-state index in [4.69, 9.17) is 17.3 Å². The normalized spacial score (nSPS) is 12.5. The van der Waals surface area contributed by atoms with Gasteiger partial charge < -0.3 is 11.1 Å². The smallest absolute Gasteiger partial charge is 0.0462 e. The maximum atomic E-state index is 6.15. The predicted octanol–water partition coefficient (Wildman–Crippen LogP) is 3.27. The van der Waals surface area contributed by atoms with E-state index >= 15 is 0 Å². The second-order valence-corrected chi connectivity index (χ2v) is 5.12. The van der Waals surface area contributed by atoms with Crippen molar-refractivity contribution >= 4 is 27.5 Å². The summed E-state index contributed by atoms with van der Waals surface area (Å²) < 4.78 is 1.00. The predicted molar refractivity (Wildman–Crippen MR) is 73.8 cm³/mol. The van der Waals surface area contributed by atoms with Crippen molar-refractivity contribution < 1.29 is 0 Å². The van der Waals surface area contributed by atoms with E-state index < -0.39 is 0 Å². The molecule has 2 nitrogen and oxygen atoms in total. The monoisotopic (exact) mass is 302 g/mol. The fourth-order valence-electron chi connectivity index (χ4n) is 1.40. The van der Waals surface area contributed by atoms with Gasteiger partial charge in [0.1, 0.15) is 0 Å². The molecule has 0 aliphatic carbocycles. The highest BCUT2D eigenvalue weighted by molar-refractivity contribution is 9.10. The lowest BCUT2D eigenvalue weighted by Gasteiger charge is -2.19. The van der Waals surface area contributed by atoms with E-state index in [1.165, 1.54) is 0 Å². The number of nitrogens with one attached hydrogen (secondary N) is 1. The molecule has 1 atom stereocenters. The second-order valence-electron chi connectivity index (χ2n) is 3.79. The zero-order valence-electron chi connectivity index (χ0n) is 9.26. The van der Waals surface area contributed by atoms with Gasteiger partial charge in [0.15, 0.2) is 0 Å². The number of nitrogens with two attached hydrogens (primary N) is 1. The molecule has 0 aliphatic heterocycles. The van der Waals surface area contributed by atoms with Crippen molar-refractivity contribution in [3.8, 4) is 0 Å². The molecular weight excluding hydrogens is 288 g/mol. The first-order valence-electron chi connectivity index (χ1n) is 5.07. The molecule has 1 aromatic rings. The molecule has 1 unspecified atom stereocenters. The van der Waals surface area contributed by atoms with E-state index in [1.807, 2.05) is 25.1 Å². The molecule has 1 rings (SSSR count). The van der Waals surface area contributed by atoms with Gasteiger partial charge in [0.25, 0.3) is 0 Å². The Bertz CT molecular complexity index is 379. The van der Waals surface area contributed by atoms with Crippen molar-refractivity contribution in [3.05, 3.63) is 45.4 Å². The van der Waals surface area contributed by atoms with Crippen LogP contribution in [-0.2, 0) is 0 Å². The van der Waals surface area contributed by atoms with Gasteiger partial charge in [0.2, 0.25) is 0 Å². The van der Waals surface area contributed by atoms with Crippen LogP contribution in [-0.4, -0.2) is 13.1 Å². The van der Waals surface area contributed by atoms with Gasteiger partial charge in [-0.05, 0) is 30.7 Å². The van der Waals surface area contributed by atoms with E-state index in [2.05, 4.69) is 27.8 Å². The van der Waals surface area contributed by atoms with Gasteiger partial charge >= 0.3 is 0 Å². The van der Waals surface area contributed by atoms with Crippen LogP contribution >= 0.6 is 27.5 Å². The highest BCUT2D eigenvalue weighted by Gasteiger charge is 2.12. The molecule has 0 fully saturated rings.